The summed E-state index contributed by atoms with van der Waals surface area (Å²) in [6.07, 6.45) is 0. The Morgan fingerprint density at radius 3 is 2.53 bits per heavy atom. The van der Waals surface area contributed by atoms with Crippen molar-refractivity contribution in [1.29, 1.82) is 0 Å². The van der Waals surface area contributed by atoms with Gasteiger partial charge < -0.3 is 9.90 Å². The fourth-order valence-corrected chi connectivity index (χ4v) is 2.08. The van der Waals surface area contributed by atoms with Crippen LogP contribution in [0, 0.1) is 19.7 Å². The van der Waals surface area contributed by atoms with Gasteiger partial charge in [-0.1, -0.05) is 6.07 Å². The molecule has 0 aliphatic carbocycles. The van der Waals surface area contributed by atoms with Crippen LogP contribution in [-0.4, -0.2) is 10.5 Å². The number of rotatable bonds is 2. The quantitative estimate of drug-likeness (QED) is 0.807. The molecule has 0 atom stereocenters. The number of carbonyl (C=O) groups is 1. The zero-order chi connectivity index (χ0) is 14.2. The zero-order valence-electron chi connectivity index (χ0n) is 10.4. The van der Waals surface area contributed by atoms with Crippen LogP contribution in [0.5, 0.6) is 0 Å². The average molecular weight is 260 g/mol. The standard InChI is InChI=1S/C14H12FNO3/c1-8-6-9(2)16(13(17)12(8)14(18)19)11-5-3-4-10(15)7-11/h3-7H,1-2H3,(H,18,19)/p-1. The van der Waals surface area contributed by atoms with Gasteiger partial charge in [0.05, 0.1) is 17.2 Å². The van der Waals surface area contributed by atoms with E-state index in [1.165, 1.54) is 31.2 Å². The van der Waals surface area contributed by atoms with Gasteiger partial charge in [0.2, 0.25) is 0 Å². The highest BCUT2D eigenvalue weighted by Gasteiger charge is 2.12. The average Bonchev–Trinajstić information content (AvgIpc) is 2.27. The Morgan fingerprint density at radius 1 is 1.26 bits per heavy atom. The molecular weight excluding hydrogens is 249 g/mol. The van der Waals surface area contributed by atoms with Crippen LogP contribution in [0.25, 0.3) is 5.69 Å². The van der Waals surface area contributed by atoms with Crippen molar-refractivity contribution in [3.05, 3.63) is 63.3 Å². The number of hydrogen-bond acceptors (Lipinski definition) is 3. The molecule has 0 saturated heterocycles. The maximum atomic E-state index is 13.2. The van der Waals surface area contributed by atoms with Gasteiger partial charge in [0.1, 0.15) is 5.82 Å². The molecule has 0 unspecified atom stereocenters. The molecule has 0 aliphatic heterocycles. The largest absolute Gasteiger partial charge is 0.545 e. The van der Waals surface area contributed by atoms with E-state index in [0.29, 0.717) is 11.3 Å². The molecule has 0 N–H and O–H groups in total. The van der Waals surface area contributed by atoms with Crippen LogP contribution in [-0.2, 0) is 0 Å². The van der Waals surface area contributed by atoms with E-state index < -0.39 is 22.9 Å². The number of aromatic nitrogens is 1. The van der Waals surface area contributed by atoms with Gasteiger partial charge in [-0.3, -0.25) is 9.36 Å². The molecule has 2 aromatic rings. The molecular formula is C14H11FNO3-. The Balaban J connectivity index is 2.81. The summed E-state index contributed by atoms with van der Waals surface area (Å²) in [5.41, 5.74) is 0.0104. The first-order valence-corrected chi connectivity index (χ1v) is 5.62. The lowest BCUT2D eigenvalue weighted by molar-refractivity contribution is -0.255. The van der Waals surface area contributed by atoms with Crippen molar-refractivity contribution < 1.29 is 14.3 Å². The number of carboxylic acid groups (broad SMARTS) is 1. The van der Waals surface area contributed by atoms with Crippen LogP contribution in [0.3, 0.4) is 0 Å². The number of carbonyl (C=O) groups excluding carboxylic acids is 1. The third-order valence-electron chi connectivity index (χ3n) is 2.86. The third kappa shape index (κ3) is 2.27. The molecule has 1 aromatic heterocycles. The highest BCUT2D eigenvalue weighted by atomic mass is 19.1. The normalized spacial score (nSPS) is 10.5. The maximum Gasteiger partial charge on any atom is 0.264 e. The lowest BCUT2D eigenvalue weighted by Crippen LogP contribution is -2.35. The zero-order valence-corrected chi connectivity index (χ0v) is 10.4. The van der Waals surface area contributed by atoms with Gasteiger partial charge in [0.25, 0.3) is 5.56 Å². The van der Waals surface area contributed by atoms with Crippen molar-refractivity contribution in [1.82, 2.24) is 4.57 Å². The molecule has 19 heavy (non-hydrogen) atoms. The van der Waals surface area contributed by atoms with Gasteiger partial charge in [-0.2, -0.15) is 0 Å². The first-order chi connectivity index (χ1) is 8.91. The van der Waals surface area contributed by atoms with Gasteiger partial charge in [-0.05, 0) is 43.7 Å². The maximum absolute atomic E-state index is 13.2. The highest BCUT2D eigenvalue weighted by Crippen LogP contribution is 2.13. The van der Waals surface area contributed by atoms with Crippen LogP contribution in [0.2, 0.25) is 0 Å². The molecule has 1 heterocycles. The minimum atomic E-state index is -1.53. The lowest BCUT2D eigenvalue weighted by Gasteiger charge is -2.15. The van der Waals surface area contributed by atoms with E-state index in [-0.39, 0.29) is 5.69 Å². The molecule has 2 rings (SSSR count). The molecule has 1 aromatic carbocycles. The number of aromatic carboxylic acids is 1. The third-order valence-corrected chi connectivity index (χ3v) is 2.86. The van der Waals surface area contributed by atoms with Crippen molar-refractivity contribution >= 4 is 5.97 Å². The van der Waals surface area contributed by atoms with Crippen molar-refractivity contribution in [2.75, 3.05) is 0 Å². The van der Waals surface area contributed by atoms with Crippen LogP contribution < -0.4 is 10.7 Å². The minimum absolute atomic E-state index is 0.282. The molecule has 0 radical (unpaired) electrons. The van der Waals surface area contributed by atoms with Gasteiger partial charge in [0, 0.05) is 5.69 Å². The van der Waals surface area contributed by atoms with Crippen molar-refractivity contribution in [3.8, 4) is 5.69 Å². The number of pyridine rings is 1. The predicted octanol–water partition coefficient (Wildman–Crippen LogP) is 0.957. The molecule has 4 nitrogen and oxygen atoms in total. The molecule has 0 fully saturated rings. The Kier molecular flexibility index (Phi) is 3.21. The van der Waals surface area contributed by atoms with E-state index in [0.717, 1.165) is 4.57 Å². The number of nitrogens with zero attached hydrogens (tertiary/aromatic N) is 1. The summed E-state index contributed by atoms with van der Waals surface area (Å²) in [5.74, 6) is -2.04. The molecule has 0 saturated carbocycles. The van der Waals surface area contributed by atoms with E-state index in [2.05, 4.69) is 0 Å². The van der Waals surface area contributed by atoms with Crippen molar-refractivity contribution in [3.63, 3.8) is 0 Å². The Hall–Kier alpha value is -2.43. The number of benzene rings is 1. The summed E-state index contributed by atoms with van der Waals surface area (Å²) in [6.45, 7) is 3.17. The van der Waals surface area contributed by atoms with Crippen LogP contribution in [0.1, 0.15) is 21.6 Å². The molecule has 0 bridgehead atoms. The van der Waals surface area contributed by atoms with Gasteiger partial charge in [-0.25, -0.2) is 4.39 Å². The molecule has 0 aliphatic rings. The van der Waals surface area contributed by atoms with E-state index in [4.69, 9.17) is 0 Å². The summed E-state index contributed by atoms with van der Waals surface area (Å²) in [7, 11) is 0. The van der Waals surface area contributed by atoms with Gasteiger partial charge >= 0.3 is 0 Å². The van der Waals surface area contributed by atoms with Crippen molar-refractivity contribution in [2.24, 2.45) is 0 Å². The van der Waals surface area contributed by atoms with Crippen molar-refractivity contribution in [2.45, 2.75) is 13.8 Å². The summed E-state index contributed by atoms with van der Waals surface area (Å²) < 4.78 is 14.4. The number of carboxylic acids is 1. The summed E-state index contributed by atoms with van der Waals surface area (Å²) in [6, 6.07) is 6.96. The molecule has 5 heteroatoms. The number of halogens is 1. The summed E-state index contributed by atoms with van der Waals surface area (Å²) in [5, 5.41) is 11.0. The van der Waals surface area contributed by atoms with E-state index in [1.807, 2.05) is 0 Å². The van der Waals surface area contributed by atoms with Crippen LogP contribution in [0.4, 0.5) is 4.39 Å². The van der Waals surface area contributed by atoms with E-state index in [9.17, 15) is 19.1 Å². The monoisotopic (exact) mass is 260 g/mol. The second-order valence-corrected chi connectivity index (χ2v) is 4.25. The van der Waals surface area contributed by atoms with Crippen LogP contribution >= 0.6 is 0 Å². The first kappa shape index (κ1) is 13.0. The number of aryl methyl sites for hydroxylation is 2. The Morgan fingerprint density at radius 2 is 1.95 bits per heavy atom. The smallest absolute Gasteiger partial charge is 0.264 e. The second kappa shape index (κ2) is 4.68. The molecule has 0 amide bonds. The Labute approximate surface area is 108 Å². The van der Waals surface area contributed by atoms with E-state index in [1.54, 1.807) is 13.0 Å². The summed E-state index contributed by atoms with van der Waals surface area (Å²) in [4.78, 5) is 23.2. The SMILES string of the molecule is Cc1cc(C)n(-c2cccc(F)c2)c(=O)c1C(=O)[O-]. The topological polar surface area (TPSA) is 62.1 Å². The highest BCUT2D eigenvalue weighted by molar-refractivity contribution is 5.87. The minimum Gasteiger partial charge on any atom is -0.545 e. The molecule has 0 spiro atoms. The predicted molar refractivity (Wildman–Crippen MR) is 65.8 cm³/mol. The van der Waals surface area contributed by atoms with Crippen LogP contribution in [0.15, 0.2) is 35.1 Å². The summed E-state index contributed by atoms with van der Waals surface area (Å²) >= 11 is 0. The molecule has 98 valence electrons. The first-order valence-electron chi connectivity index (χ1n) is 5.62. The van der Waals surface area contributed by atoms with E-state index >= 15 is 0 Å². The fourth-order valence-electron chi connectivity index (χ4n) is 2.08. The Bertz CT molecular complexity index is 719. The number of hydrogen-bond donors (Lipinski definition) is 0. The fraction of sp³-hybridized carbons (Fsp3) is 0.143. The van der Waals surface area contributed by atoms with Gasteiger partial charge in [-0.15, -0.1) is 0 Å². The lowest BCUT2D eigenvalue weighted by atomic mass is 10.1. The van der Waals surface area contributed by atoms with Gasteiger partial charge in [0.15, 0.2) is 0 Å². The second-order valence-electron chi connectivity index (χ2n) is 4.25.